The molecule has 3 saturated carbocycles. The molecule has 2 aromatic rings. The van der Waals surface area contributed by atoms with Crippen LogP contribution in [-0.4, -0.2) is 30.0 Å². The lowest BCUT2D eigenvalue weighted by molar-refractivity contribution is -0.151. The Hall–Kier alpha value is -3.08. The number of carbonyl (C=O) groups is 1. The summed E-state index contributed by atoms with van der Waals surface area (Å²) < 4.78 is 12.0. The lowest BCUT2D eigenvalue weighted by Gasteiger charge is -2.58. The Labute approximate surface area is 327 Å². The second kappa shape index (κ2) is 18.2. The van der Waals surface area contributed by atoms with Crippen molar-refractivity contribution in [3.8, 4) is 11.5 Å². The Bertz CT molecular complexity index is 1590. The van der Waals surface area contributed by atoms with Crippen molar-refractivity contribution in [1.82, 2.24) is 0 Å². The molecule has 4 aliphatic rings. The quantitative estimate of drug-likeness (QED) is 0.0759. The minimum atomic E-state index is -0.0808. The van der Waals surface area contributed by atoms with Gasteiger partial charge in [0.2, 0.25) is 0 Å². The Kier molecular flexibility index (Phi) is 13.7. The van der Waals surface area contributed by atoms with Crippen molar-refractivity contribution in [1.29, 1.82) is 0 Å². The zero-order chi connectivity index (χ0) is 38.3. The molecule has 1 unspecified atom stereocenters. The first-order valence-electron chi connectivity index (χ1n) is 22.0. The van der Waals surface area contributed by atoms with Crippen molar-refractivity contribution in [2.45, 2.75) is 157 Å². The number of carbonyl (C=O) groups excluding carboxylic acids is 1. The number of fused-ring (bicyclic) bond motifs is 5. The Morgan fingerprint density at radius 3 is 2.52 bits per heavy atom. The molecule has 4 aliphatic carbocycles. The third-order valence-electron chi connectivity index (χ3n) is 14.7. The fraction of sp³-hybridized carbons (Fsp3) is 0.673. The fourth-order valence-corrected chi connectivity index (χ4v) is 11.6. The van der Waals surface area contributed by atoms with E-state index in [9.17, 15) is 9.90 Å². The first-order valence-corrected chi connectivity index (χ1v) is 22.0. The number of unbranched alkanes of at least 4 members (excludes halogenated alkanes) is 2. The van der Waals surface area contributed by atoms with E-state index < -0.39 is 0 Å². The number of rotatable bonds is 17. The van der Waals surface area contributed by atoms with Crippen molar-refractivity contribution < 1.29 is 19.4 Å². The van der Waals surface area contributed by atoms with Gasteiger partial charge in [0.15, 0.2) is 0 Å². The number of aryl methyl sites for hydroxylation is 1. The maximum atomic E-state index is 12.9. The lowest BCUT2D eigenvalue weighted by atomic mass is 9.47. The van der Waals surface area contributed by atoms with Gasteiger partial charge in [-0.2, -0.15) is 0 Å². The molecule has 0 heterocycles. The first-order chi connectivity index (χ1) is 26.0. The van der Waals surface area contributed by atoms with Gasteiger partial charge in [-0.15, -0.1) is 0 Å². The van der Waals surface area contributed by atoms with Gasteiger partial charge in [0, 0.05) is 30.7 Å². The maximum Gasteiger partial charge on any atom is 0.306 e. The van der Waals surface area contributed by atoms with Crippen LogP contribution < -0.4 is 4.74 Å². The van der Waals surface area contributed by atoms with Crippen molar-refractivity contribution in [3.63, 3.8) is 0 Å². The van der Waals surface area contributed by atoms with E-state index in [2.05, 4.69) is 64.7 Å². The number of aromatic hydroxyl groups is 1. The number of phenolic OH excluding ortho intramolecular Hbond substituents is 1. The van der Waals surface area contributed by atoms with E-state index in [0.29, 0.717) is 29.8 Å². The molecular formula is C49H71NO4. The van der Waals surface area contributed by atoms with E-state index in [4.69, 9.17) is 9.47 Å². The molecule has 0 bridgehead atoms. The highest BCUT2D eigenvalue weighted by Gasteiger charge is 2.59. The molecule has 0 spiro atoms. The Morgan fingerprint density at radius 2 is 1.76 bits per heavy atom. The van der Waals surface area contributed by atoms with Gasteiger partial charge in [0.1, 0.15) is 17.6 Å². The minimum absolute atomic E-state index is 0.0104. The zero-order valence-electron chi connectivity index (χ0n) is 34.6. The summed E-state index contributed by atoms with van der Waals surface area (Å²) in [6.07, 6.45) is 23.7. The highest BCUT2D eigenvalue weighted by atomic mass is 16.5. The monoisotopic (exact) mass is 738 g/mol. The summed E-state index contributed by atoms with van der Waals surface area (Å²) in [6.45, 7) is 15.2. The summed E-state index contributed by atoms with van der Waals surface area (Å²) in [6, 6.07) is 13.6. The number of nitrogens with zero attached hydrogens (tertiary/aromatic N) is 1. The molecule has 0 amide bonds. The first kappa shape index (κ1) is 40.6. The highest BCUT2D eigenvalue weighted by Crippen LogP contribution is 2.67. The lowest BCUT2D eigenvalue weighted by Crippen LogP contribution is -2.51. The molecule has 0 aliphatic heterocycles. The predicted molar refractivity (Wildman–Crippen MR) is 223 cm³/mol. The van der Waals surface area contributed by atoms with Gasteiger partial charge in [0.25, 0.3) is 0 Å². The van der Waals surface area contributed by atoms with Gasteiger partial charge in [-0.1, -0.05) is 91.0 Å². The van der Waals surface area contributed by atoms with E-state index in [1.807, 2.05) is 24.3 Å². The van der Waals surface area contributed by atoms with Gasteiger partial charge in [-0.05, 0) is 147 Å². The second-order valence-electron chi connectivity index (χ2n) is 18.7. The standard InChI is InChI=1S/C49H71NO4/c1-7-8-14-36-16-20-39(21-17-36)50-33-37-18-22-40(32-46(37)51)53-30-10-9-15-47(52)54-41-26-28-48(5)38(31-41)19-23-42-44-25-24-43(35(4)13-11-12-34(2)3)49(44,6)29-27-45(42)48/h16-22,32-35,41-45,51H,7-15,23-31H2,1-6H3/t35-,41?,42+,43-,44+,45+,48+,49-/m1/s1. The number of esters is 1. The summed E-state index contributed by atoms with van der Waals surface area (Å²) in [7, 11) is 0. The molecule has 296 valence electrons. The van der Waals surface area contributed by atoms with Crippen LogP contribution in [0.15, 0.2) is 59.1 Å². The van der Waals surface area contributed by atoms with E-state index in [-0.39, 0.29) is 23.2 Å². The largest absolute Gasteiger partial charge is 0.507 e. The number of aliphatic imine (C=N–C) groups is 1. The SMILES string of the molecule is CCCCc1ccc(N=Cc2ccc(OCCCCC(=O)OC3CC[C@@]4(C)C(=CC[C@H]5[C@@H]6CC[C@H]([C@H](C)CCCC(C)C)[C@@]6(C)CC[C@@H]54)C3)cc2O)cc1. The zero-order valence-corrected chi connectivity index (χ0v) is 34.6. The average molecular weight is 738 g/mol. The number of hydrogen-bond donors (Lipinski definition) is 1. The van der Waals surface area contributed by atoms with E-state index >= 15 is 0 Å². The van der Waals surface area contributed by atoms with Gasteiger partial charge in [0.05, 0.1) is 12.3 Å². The van der Waals surface area contributed by atoms with Crippen molar-refractivity contribution >= 4 is 17.9 Å². The topological polar surface area (TPSA) is 68.1 Å². The molecule has 0 radical (unpaired) electrons. The molecule has 8 atom stereocenters. The van der Waals surface area contributed by atoms with Crippen LogP contribution in [0.3, 0.4) is 0 Å². The van der Waals surface area contributed by atoms with Gasteiger partial charge < -0.3 is 14.6 Å². The molecule has 1 N–H and O–H groups in total. The molecule has 0 saturated heterocycles. The second-order valence-corrected chi connectivity index (χ2v) is 18.7. The summed E-state index contributed by atoms with van der Waals surface area (Å²) in [5, 5.41) is 10.6. The van der Waals surface area contributed by atoms with Gasteiger partial charge >= 0.3 is 5.97 Å². The Morgan fingerprint density at radius 1 is 0.944 bits per heavy atom. The Balaban J connectivity index is 0.913. The van der Waals surface area contributed by atoms with Crippen LogP contribution >= 0.6 is 0 Å². The summed E-state index contributed by atoms with van der Waals surface area (Å²) in [5.41, 5.74) is 5.20. The molecule has 5 nitrogen and oxygen atoms in total. The van der Waals surface area contributed by atoms with Gasteiger partial charge in [-0.25, -0.2) is 0 Å². The summed E-state index contributed by atoms with van der Waals surface area (Å²) in [4.78, 5) is 17.5. The van der Waals surface area contributed by atoms with Crippen LogP contribution in [0.1, 0.15) is 155 Å². The summed E-state index contributed by atoms with van der Waals surface area (Å²) >= 11 is 0. The predicted octanol–water partition coefficient (Wildman–Crippen LogP) is 13.0. The maximum absolute atomic E-state index is 12.9. The number of hydrogen-bond acceptors (Lipinski definition) is 5. The smallest absolute Gasteiger partial charge is 0.306 e. The van der Waals surface area contributed by atoms with E-state index in [1.165, 1.54) is 69.8 Å². The van der Waals surface area contributed by atoms with Crippen molar-refractivity contribution in [2.24, 2.45) is 51.3 Å². The van der Waals surface area contributed by atoms with Crippen LogP contribution in [0, 0.1) is 46.3 Å². The number of phenols is 1. The highest BCUT2D eigenvalue weighted by molar-refractivity contribution is 5.85. The molecular weight excluding hydrogens is 667 g/mol. The van der Waals surface area contributed by atoms with Crippen molar-refractivity contribution in [2.75, 3.05) is 6.61 Å². The van der Waals surface area contributed by atoms with Gasteiger partial charge in [-0.3, -0.25) is 9.79 Å². The fourth-order valence-electron chi connectivity index (χ4n) is 11.6. The molecule has 5 heteroatoms. The molecule has 3 fully saturated rings. The minimum Gasteiger partial charge on any atom is -0.507 e. The number of ether oxygens (including phenoxy) is 2. The van der Waals surface area contributed by atoms with Crippen LogP contribution in [-0.2, 0) is 16.0 Å². The molecule has 2 aromatic carbocycles. The third-order valence-corrected chi connectivity index (χ3v) is 14.7. The summed E-state index contributed by atoms with van der Waals surface area (Å²) in [5.74, 6) is 5.71. The normalized spacial score (nSPS) is 29.7. The molecule has 54 heavy (non-hydrogen) atoms. The number of allylic oxidation sites excluding steroid dienone is 1. The number of benzene rings is 2. The van der Waals surface area contributed by atoms with E-state index in [1.54, 1.807) is 17.9 Å². The van der Waals surface area contributed by atoms with Crippen LogP contribution in [0.25, 0.3) is 0 Å². The van der Waals surface area contributed by atoms with Crippen molar-refractivity contribution in [3.05, 3.63) is 65.2 Å². The van der Waals surface area contributed by atoms with Crippen LogP contribution in [0.4, 0.5) is 5.69 Å². The van der Waals surface area contributed by atoms with Crippen LogP contribution in [0.5, 0.6) is 11.5 Å². The molecule has 0 aromatic heterocycles. The van der Waals surface area contributed by atoms with Crippen LogP contribution in [0.2, 0.25) is 0 Å². The average Bonchev–Trinajstić information content (AvgIpc) is 3.51. The molecule has 6 rings (SSSR count). The third kappa shape index (κ3) is 9.47. The van der Waals surface area contributed by atoms with E-state index in [0.717, 1.165) is 79.7 Å².